The monoisotopic (exact) mass is 238 g/mol. The van der Waals surface area contributed by atoms with Crippen LogP contribution in [0.3, 0.4) is 0 Å². The van der Waals surface area contributed by atoms with Gasteiger partial charge in [0.1, 0.15) is 0 Å². The second-order valence-corrected chi connectivity index (χ2v) is 5.99. The Hall–Kier alpha value is -0.570. The number of rotatable bonds is 4. The Morgan fingerprint density at radius 3 is 2.35 bits per heavy atom. The average Bonchev–Trinajstić information content (AvgIpc) is 2.83. The van der Waals surface area contributed by atoms with E-state index in [2.05, 4.69) is 5.32 Å². The van der Waals surface area contributed by atoms with Gasteiger partial charge in [0.25, 0.3) is 0 Å². The molecule has 0 aromatic rings. The summed E-state index contributed by atoms with van der Waals surface area (Å²) in [5.74, 6) is 0.240. The van der Waals surface area contributed by atoms with Crippen molar-refractivity contribution in [1.82, 2.24) is 5.32 Å². The molecule has 98 valence electrons. The molecule has 2 aliphatic carbocycles. The fourth-order valence-corrected chi connectivity index (χ4v) is 3.44. The molecule has 3 N–H and O–H groups in total. The van der Waals surface area contributed by atoms with E-state index in [9.17, 15) is 4.79 Å². The molecule has 0 saturated heterocycles. The van der Waals surface area contributed by atoms with Crippen LogP contribution in [0.15, 0.2) is 0 Å². The molecule has 1 amide bonds. The Labute approximate surface area is 105 Å². The van der Waals surface area contributed by atoms with Crippen molar-refractivity contribution in [2.45, 2.75) is 70.3 Å². The van der Waals surface area contributed by atoms with Gasteiger partial charge in [-0.25, -0.2) is 0 Å². The second-order valence-electron chi connectivity index (χ2n) is 5.99. The second kappa shape index (κ2) is 5.85. The molecule has 2 saturated carbocycles. The molecule has 0 aliphatic heterocycles. The summed E-state index contributed by atoms with van der Waals surface area (Å²) >= 11 is 0. The minimum absolute atomic E-state index is 0.112. The Bertz CT molecular complexity index is 253. The highest BCUT2D eigenvalue weighted by Gasteiger charge is 2.33. The number of hydrogen-bond acceptors (Lipinski definition) is 2. The van der Waals surface area contributed by atoms with Crippen LogP contribution in [0, 0.1) is 5.41 Å². The molecule has 3 nitrogen and oxygen atoms in total. The minimum atomic E-state index is 0.112. The van der Waals surface area contributed by atoms with Gasteiger partial charge in [0, 0.05) is 12.5 Å². The van der Waals surface area contributed by atoms with E-state index in [0.717, 1.165) is 12.8 Å². The third-order valence-corrected chi connectivity index (χ3v) is 4.60. The maximum Gasteiger partial charge on any atom is 0.220 e. The number of carbonyl (C=O) groups is 1. The van der Waals surface area contributed by atoms with Gasteiger partial charge in [0.05, 0.1) is 0 Å². The summed E-state index contributed by atoms with van der Waals surface area (Å²) < 4.78 is 0. The van der Waals surface area contributed by atoms with Gasteiger partial charge >= 0.3 is 0 Å². The van der Waals surface area contributed by atoms with E-state index < -0.39 is 0 Å². The molecule has 17 heavy (non-hydrogen) atoms. The van der Waals surface area contributed by atoms with Crippen molar-refractivity contribution in [2.24, 2.45) is 11.1 Å². The Morgan fingerprint density at radius 2 is 1.76 bits per heavy atom. The molecule has 3 heteroatoms. The zero-order valence-electron chi connectivity index (χ0n) is 10.8. The molecule has 0 atom stereocenters. The van der Waals surface area contributed by atoms with Crippen molar-refractivity contribution in [1.29, 1.82) is 0 Å². The summed E-state index contributed by atoms with van der Waals surface area (Å²) in [6.07, 6.45) is 11.6. The predicted molar refractivity (Wildman–Crippen MR) is 69.6 cm³/mol. The fourth-order valence-electron chi connectivity index (χ4n) is 3.44. The molecule has 0 unspecified atom stereocenters. The first-order chi connectivity index (χ1) is 8.24. The molecule has 0 radical (unpaired) electrons. The summed E-state index contributed by atoms with van der Waals surface area (Å²) in [6, 6.07) is 0.445. The molecular weight excluding hydrogens is 212 g/mol. The molecule has 2 aliphatic rings. The maximum atomic E-state index is 12.1. The molecule has 0 bridgehead atoms. The highest BCUT2D eigenvalue weighted by molar-refractivity contribution is 5.77. The molecule has 0 aromatic carbocycles. The zero-order chi connectivity index (χ0) is 12.1. The lowest BCUT2D eigenvalue weighted by atomic mass is 9.71. The standard InChI is InChI=1S/C14H26N2O/c15-11-14(8-4-1-5-9-14)10-13(17)16-12-6-2-3-7-12/h12H,1-11,15H2,(H,16,17). The van der Waals surface area contributed by atoms with Crippen LogP contribution < -0.4 is 11.1 Å². The SMILES string of the molecule is NCC1(CC(=O)NC2CCCC2)CCCCC1. The minimum Gasteiger partial charge on any atom is -0.353 e. The van der Waals surface area contributed by atoms with Gasteiger partial charge in [-0.05, 0) is 37.6 Å². The van der Waals surface area contributed by atoms with Crippen LogP contribution >= 0.6 is 0 Å². The Kier molecular flexibility index (Phi) is 4.43. The summed E-state index contributed by atoms with van der Waals surface area (Å²) in [5.41, 5.74) is 6.03. The first kappa shape index (κ1) is 12.9. The molecule has 2 rings (SSSR count). The highest BCUT2D eigenvalue weighted by Crippen LogP contribution is 2.38. The van der Waals surface area contributed by atoms with Gasteiger partial charge < -0.3 is 11.1 Å². The van der Waals surface area contributed by atoms with Gasteiger partial charge in [-0.3, -0.25) is 4.79 Å². The van der Waals surface area contributed by atoms with E-state index >= 15 is 0 Å². The molecule has 0 spiro atoms. The van der Waals surface area contributed by atoms with Gasteiger partial charge in [0.2, 0.25) is 5.91 Å². The number of hydrogen-bond donors (Lipinski definition) is 2. The number of carbonyl (C=O) groups excluding carboxylic acids is 1. The summed E-state index contributed by atoms with van der Waals surface area (Å²) in [6.45, 7) is 0.672. The summed E-state index contributed by atoms with van der Waals surface area (Å²) in [7, 11) is 0. The topological polar surface area (TPSA) is 55.1 Å². The third-order valence-electron chi connectivity index (χ3n) is 4.60. The smallest absolute Gasteiger partial charge is 0.220 e. The predicted octanol–water partition coefficient (Wildman–Crippen LogP) is 2.34. The van der Waals surface area contributed by atoms with Crippen molar-refractivity contribution in [3.8, 4) is 0 Å². The van der Waals surface area contributed by atoms with Gasteiger partial charge in [0.15, 0.2) is 0 Å². The van der Waals surface area contributed by atoms with E-state index in [0.29, 0.717) is 19.0 Å². The van der Waals surface area contributed by atoms with Crippen LogP contribution in [-0.2, 0) is 4.79 Å². The third kappa shape index (κ3) is 3.44. The Morgan fingerprint density at radius 1 is 1.12 bits per heavy atom. The van der Waals surface area contributed by atoms with Crippen LogP contribution in [0.5, 0.6) is 0 Å². The van der Waals surface area contributed by atoms with Crippen LogP contribution in [0.4, 0.5) is 0 Å². The lowest BCUT2D eigenvalue weighted by Gasteiger charge is -2.36. The molecule has 0 aromatic heterocycles. The van der Waals surface area contributed by atoms with Crippen molar-refractivity contribution in [2.75, 3.05) is 6.54 Å². The van der Waals surface area contributed by atoms with Crippen molar-refractivity contribution in [3.63, 3.8) is 0 Å². The Balaban J connectivity index is 1.82. The van der Waals surface area contributed by atoms with Gasteiger partial charge in [-0.15, -0.1) is 0 Å². The molecule has 2 fully saturated rings. The van der Waals surface area contributed by atoms with Crippen LogP contribution in [0.25, 0.3) is 0 Å². The summed E-state index contributed by atoms with van der Waals surface area (Å²) in [5, 5.41) is 3.19. The van der Waals surface area contributed by atoms with E-state index in [1.165, 1.54) is 44.9 Å². The van der Waals surface area contributed by atoms with Crippen LogP contribution in [0.1, 0.15) is 64.2 Å². The van der Waals surface area contributed by atoms with E-state index in [4.69, 9.17) is 5.73 Å². The van der Waals surface area contributed by atoms with Crippen LogP contribution in [0.2, 0.25) is 0 Å². The number of nitrogens with two attached hydrogens (primary N) is 1. The lowest BCUT2D eigenvalue weighted by molar-refractivity contribution is -0.124. The summed E-state index contributed by atoms with van der Waals surface area (Å²) in [4.78, 5) is 12.1. The van der Waals surface area contributed by atoms with E-state index in [1.54, 1.807) is 0 Å². The molecular formula is C14H26N2O. The first-order valence-electron chi connectivity index (χ1n) is 7.24. The van der Waals surface area contributed by atoms with E-state index in [1.807, 2.05) is 0 Å². The number of amides is 1. The van der Waals surface area contributed by atoms with Crippen molar-refractivity contribution >= 4 is 5.91 Å². The van der Waals surface area contributed by atoms with Crippen LogP contribution in [-0.4, -0.2) is 18.5 Å². The van der Waals surface area contributed by atoms with Gasteiger partial charge in [-0.1, -0.05) is 32.1 Å². The van der Waals surface area contributed by atoms with E-state index in [-0.39, 0.29) is 11.3 Å². The zero-order valence-corrected chi connectivity index (χ0v) is 10.8. The largest absolute Gasteiger partial charge is 0.353 e. The normalized spacial score (nSPS) is 24.8. The maximum absolute atomic E-state index is 12.1. The van der Waals surface area contributed by atoms with Crippen molar-refractivity contribution < 1.29 is 4.79 Å². The first-order valence-corrected chi connectivity index (χ1v) is 7.24. The van der Waals surface area contributed by atoms with Gasteiger partial charge in [-0.2, -0.15) is 0 Å². The average molecular weight is 238 g/mol. The highest BCUT2D eigenvalue weighted by atomic mass is 16.1. The lowest BCUT2D eigenvalue weighted by Crippen LogP contribution is -2.41. The number of nitrogens with one attached hydrogen (secondary N) is 1. The quantitative estimate of drug-likeness (QED) is 0.790. The fraction of sp³-hybridized carbons (Fsp3) is 0.929. The van der Waals surface area contributed by atoms with Crippen molar-refractivity contribution in [3.05, 3.63) is 0 Å². The molecule has 0 heterocycles.